The topological polar surface area (TPSA) is 104 Å². The molecule has 1 unspecified atom stereocenters. The Morgan fingerprint density at radius 1 is 1.11 bits per heavy atom. The lowest BCUT2D eigenvalue weighted by atomic mass is 9.83. The van der Waals surface area contributed by atoms with E-state index in [9.17, 15) is 10.1 Å². The van der Waals surface area contributed by atoms with E-state index in [1.165, 1.54) is 0 Å². The standard InChI is InChI=1S/C29H28N2O5/c1-4-5-14-34-24-13-10-19(15-26(24)33-3)27-22-12-11-20(16-25(22)36-28(31)23(27)17-30)35-29(32)21-9-7-6-8-18(21)2/h6-13,15-16,27H,4-5,14,31H2,1-3H3. The number of carbonyl (C=O) groups excluding carboxylic acids is 1. The van der Waals surface area contributed by atoms with E-state index in [0.717, 1.165) is 29.5 Å². The fourth-order valence-electron chi connectivity index (χ4n) is 4.12. The number of allylic oxidation sites excluding steroid dienone is 1. The summed E-state index contributed by atoms with van der Waals surface area (Å²) in [5.74, 6) is 0.968. The normalized spacial score (nSPS) is 14.3. The van der Waals surface area contributed by atoms with Gasteiger partial charge in [0.05, 0.1) is 25.2 Å². The molecule has 1 aliphatic rings. The Balaban J connectivity index is 1.67. The van der Waals surface area contributed by atoms with Crippen LogP contribution in [0.5, 0.6) is 23.0 Å². The maximum atomic E-state index is 12.7. The highest BCUT2D eigenvalue weighted by atomic mass is 16.5. The first-order chi connectivity index (χ1) is 17.5. The lowest BCUT2D eigenvalue weighted by Gasteiger charge is -2.27. The Morgan fingerprint density at radius 2 is 1.92 bits per heavy atom. The molecular formula is C29H28N2O5. The fraction of sp³-hybridized carbons (Fsp3) is 0.241. The fourth-order valence-corrected chi connectivity index (χ4v) is 4.12. The lowest BCUT2D eigenvalue weighted by molar-refractivity contribution is 0.0733. The highest BCUT2D eigenvalue weighted by molar-refractivity contribution is 5.92. The highest BCUT2D eigenvalue weighted by Crippen LogP contribution is 2.45. The maximum Gasteiger partial charge on any atom is 0.343 e. The van der Waals surface area contributed by atoms with Gasteiger partial charge in [-0.15, -0.1) is 0 Å². The largest absolute Gasteiger partial charge is 0.493 e. The van der Waals surface area contributed by atoms with E-state index in [4.69, 9.17) is 24.7 Å². The van der Waals surface area contributed by atoms with Crippen LogP contribution in [0.3, 0.4) is 0 Å². The number of ether oxygens (including phenoxy) is 4. The van der Waals surface area contributed by atoms with E-state index in [0.29, 0.717) is 35.2 Å². The Morgan fingerprint density at radius 3 is 2.64 bits per heavy atom. The van der Waals surface area contributed by atoms with Gasteiger partial charge in [-0.2, -0.15) is 5.26 Å². The third-order valence-electron chi connectivity index (χ3n) is 6.04. The van der Waals surface area contributed by atoms with Gasteiger partial charge in [-0.25, -0.2) is 4.79 Å². The van der Waals surface area contributed by atoms with Crippen LogP contribution < -0.4 is 24.7 Å². The minimum atomic E-state index is -0.488. The number of aryl methyl sites for hydroxylation is 1. The number of carbonyl (C=O) groups is 1. The van der Waals surface area contributed by atoms with Crippen LogP contribution in [-0.2, 0) is 0 Å². The van der Waals surface area contributed by atoms with Gasteiger partial charge in [0.25, 0.3) is 0 Å². The minimum Gasteiger partial charge on any atom is -0.493 e. The number of benzene rings is 3. The molecule has 0 saturated carbocycles. The van der Waals surface area contributed by atoms with Crippen molar-refractivity contribution >= 4 is 5.97 Å². The molecule has 184 valence electrons. The molecule has 4 rings (SSSR count). The molecule has 0 aromatic heterocycles. The van der Waals surface area contributed by atoms with Crippen LogP contribution in [0.15, 0.2) is 72.1 Å². The molecule has 0 bridgehead atoms. The van der Waals surface area contributed by atoms with E-state index in [-0.39, 0.29) is 11.5 Å². The monoisotopic (exact) mass is 484 g/mol. The number of nitriles is 1. The van der Waals surface area contributed by atoms with Crippen molar-refractivity contribution in [3.8, 4) is 29.1 Å². The van der Waals surface area contributed by atoms with Crippen molar-refractivity contribution in [3.05, 3.63) is 94.4 Å². The first-order valence-electron chi connectivity index (χ1n) is 11.8. The second-order valence-electron chi connectivity index (χ2n) is 8.44. The quantitative estimate of drug-likeness (QED) is 0.251. The molecule has 3 aromatic rings. The van der Waals surface area contributed by atoms with Crippen molar-refractivity contribution in [1.29, 1.82) is 5.26 Å². The molecule has 1 aliphatic heterocycles. The van der Waals surface area contributed by atoms with Crippen LogP contribution in [0.25, 0.3) is 0 Å². The third kappa shape index (κ3) is 4.98. The zero-order chi connectivity index (χ0) is 25.7. The number of fused-ring (bicyclic) bond motifs is 1. The predicted molar refractivity (Wildman–Crippen MR) is 135 cm³/mol. The average molecular weight is 485 g/mol. The van der Waals surface area contributed by atoms with Crippen molar-refractivity contribution in [1.82, 2.24) is 0 Å². The molecule has 0 radical (unpaired) electrons. The lowest BCUT2D eigenvalue weighted by Crippen LogP contribution is -2.21. The highest BCUT2D eigenvalue weighted by Gasteiger charge is 2.32. The number of nitrogens with two attached hydrogens (primary N) is 1. The maximum absolute atomic E-state index is 12.7. The van der Waals surface area contributed by atoms with Crippen molar-refractivity contribution < 1.29 is 23.7 Å². The number of rotatable bonds is 8. The number of unbranched alkanes of at least 4 members (excludes halogenated alkanes) is 1. The zero-order valence-electron chi connectivity index (χ0n) is 20.5. The van der Waals surface area contributed by atoms with Gasteiger partial charge in [0.1, 0.15) is 23.1 Å². The SMILES string of the molecule is CCCCOc1ccc(C2C(C#N)=C(N)Oc3cc(OC(=O)c4ccccc4C)ccc32)cc1OC. The molecule has 1 heterocycles. The van der Waals surface area contributed by atoms with E-state index < -0.39 is 11.9 Å². The molecule has 7 heteroatoms. The summed E-state index contributed by atoms with van der Waals surface area (Å²) in [6.07, 6.45) is 1.96. The first kappa shape index (κ1) is 24.7. The summed E-state index contributed by atoms with van der Waals surface area (Å²) in [4.78, 5) is 12.7. The predicted octanol–water partition coefficient (Wildman–Crippen LogP) is 5.62. The molecule has 2 N–H and O–H groups in total. The summed E-state index contributed by atoms with van der Waals surface area (Å²) >= 11 is 0. The minimum absolute atomic E-state index is 0.000352. The Hall–Kier alpha value is -4.44. The summed E-state index contributed by atoms with van der Waals surface area (Å²) < 4.78 is 22.8. The molecule has 0 spiro atoms. The van der Waals surface area contributed by atoms with Crippen LogP contribution in [0.2, 0.25) is 0 Å². The molecule has 0 aliphatic carbocycles. The number of hydrogen-bond acceptors (Lipinski definition) is 7. The number of methoxy groups -OCH3 is 1. The second kappa shape index (κ2) is 10.9. The smallest absolute Gasteiger partial charge is 0.343 e. The van der Waals surface area contributed by atoms with Gasteiger partial charge < -0.3 is 24.7 Å². The van der Waals surface area contributed by atoms with Crippen LogP contribution in [0.1, 0.15) is 52.7 Å². The van der Waals surface area contributed by atoms with Gasteiger partial charge in [-0.3, -0.25) is 0 Å². The van der Waals surface area contributed by atoms with Crippen LogP contribution in [0, 0.1) is 18.3 Å². The van der Waals surface area contributed by atoms with Gasteiger partial charge in [-0.05, 0) is 48.7 Å². The second-order valence-corrected chi connectivity index (χ2v) is 8.44. The number of esters is 1. The molecule has 0 saturated heterocycles. The van der Waals surface area contributed by atoms with Crippen molar-refractivity contribution in [2.24, 2.45) is 5.73 Å². The molecule has 3 aromatic carbocycles. The van der Waals surface area contributed by atoms with Crippen molar-refractivity contribution in [2.75, 3.05) is 13.7 Å². The summed E-state index contributed by atoms with van der Waals surface area (Å²) in [5, 5.41) is 9.88. The zero-order valence-corrected chi connectivity index (χ0v) is 20.5. The Bertz CT molecular complexity index is 1360. The number of hydrogen-bond donors (Lipinski definition) is 1. The van der Waals surface area contributed by atoms with Gasteiger partial charge in [0, 0.05) is 11.6 Å². The van der Waals surface area contributed by atoms with E-state index in [1.807, 2.05) is 37.3 Å². The molecule has 0 fully saturated rings. The van der Waals surface area contributed by atoms with Crippen LogP contribution >= 0.6 is 0 Å². The van der Waals surface area contributed by atoms with Crippen molar-refractivity contribution in [2.45, 2.75) is 32.6 Å². The van der Waals surface area contributed by atoms with Gasteiger partial charge >= 0.3 is 5.97 Å². The average Bonchev–Trinajstić information content (AvgIpc) is 2.88. The van der Waals surface area contributed by atoms with Crippen LogP contribution in [0.4, 0.5) is 0 Å². The van der Waals surface area contributed by atoms with Gasteiger partial charge in [0.2, 0.25) is 5.88 Å². The van der Waals surface area contributed by atoms with E-state index in [2.05, 4.69) is 13.0 Å². The first-order valence-corrected chi connectivity index (χ1v) is 11.8. The summed E-state index contributed by atoms with van der Waals surface area (Å²) in [6, 6.07) is 20.0. The van der Waals surface area contributed by atoms with Crippen molar-refractivity contribution in [3.63, 3.8) is 0 Å². The van der Waals surface area contributed by atoms with Gasteiger partial charge in [-0.1, -0.05) is 43.7 Å². The number of nitrogens with zero attached hydrogens (tertiary/aromatic N) is 1. The molecule has 0 amide bonds. The van der Waals surface area contributed by atoms with E-state index in [1.54, 1.807) is 37.4 Å². The molecule has 7 nitrogen and oxygen atoms in total. The summed E-state index contributed by atoms with van der Waals surface area (Å²) in [5.41, 5.74) is 9.25. The molecule has 1 atom stereocenters. The van der Waals surface area contributed by atoms with E-state index >= 15 is 0 Å². The molecular weight excluding hydrogens is 456 g/mol. The third-order valence-corrected chi connectivity index (χ3v) is 6.04. The Kier molecular flexibility index (Phi) is 7.45. The Labute approximate surface area is 210 Å². The van der Waals surface area contributed by atoms with Crippen LogP contribution in [-0.4, -0.2) is 19.7 Å². The summed E-state index contributed by atoms with van der Waals surface area (Å²) in [7, 11) is 1.58. The molecule has 36 heavy (non-hydrogen) atoms. The summed E-state index contributed by atoms with van der Waals surface area (Å²) in [6.45, 7) is 4.54. The van der Waals surface area contributed by atoms with Gasteiger partial charge in [0.15, 0.2) is 11.5 Å².